The Morgan fingerprint density at radius 2 is 2.23 bits per heavy atom. The first-order valence-corrected chi connectivity index (χ1v) is 10.4. The fraction of sp³-hybridized carbons (Fsp3) is 0.636. The van der Waals surface area contributed by atoms with Gasteiger partial charge in [0.15, 0.2) is 0 Å². The molecule has 0 bridgehead atoms. The number of β-amino-alcohol motifs (C(OH)–C–C–N with tert-alkyl or cyclic N) is 1. The lowest BCUT2D eigenvalue weighted by Gasteiger charge is -2.29. The van der Waals surface area contributed by atoms with Crippen molar-refractivity contribution < 1.29 is 26.7 Å². The molecule has 2 rings (SSSR count). The number of thiophene rings is 1. The van der Waals surface area contributed by atoms with E-state index in [4.69, 9.17) is 9.88 Å². The van der Waals surface area contributed by atoms with Crippen molar-refractivity contribution >= 4 is 31.4 Å². The number of primary sulfonamides is 1. The number of hydrogen-bond donors (Lipinski definition) is 2. The van der Waals surface area contributed by atoms with Gasteiger partial charge >= 0.3 is 0 Å². The van der Waals surface area contributed by atoms with Crippen LogP contribution in [-0.2, 0) is 24.8 Å². The molecule has 0 spiro atoms. The molecular weight excluding hydrogens is 352 g/mol. The van der Waals surface area contributed by atoms with Gasteiger partial charge in [0, 0.05) is 31.9 Å². The fourth-order valence-corrected chi connectivity index (χ4v) is 6.43. The molecule has 0 aromatic carbocycles. The maximum Gasteiger partial charge on any atom is 0.253 e. The highest BCUT2D eigenvalue weighted by atomic mass is 32.3. The van der Waals surface area contributed by atoms with Gasteiger partial charge in [0.05, 0.1) is 6.10 Å². The molecule has 1 aromatic heterocycles. The Hall–Kier alpha value is -0.560. The summed E-state index contributed by atoms with van der Waals surface area (Å²) in [7, 11) is -7.83. The third-order valence-corrected chi connectivity index (χ3v) is 8.16. The van der Waals surface area contributed by atoms with E-state index in [0.717, 1.165) is 10.4 Å². The van der Waals surface area contributed by atoms with Crippen LogP contribution in [0.5, 0.6) is 0 Å². The van der Waals surface area contributed by atoms with Gasteiger partial charge in [0.2, 0.25) is 10.0 Å². The second-order valence-corrected chi connectivity index (χ2v) is 9.76. The molecule has 2 heterocycles. The van der Waals surface area contributed by atoms with Crippen molar-refractivity contribution in [3.8, 4) is 0 Å². The fourth-order valence-electron chi connectivity index (χ4n) is 2.15. The predicted octanol–water partition coefficient (Wildman–Crippen LogP) is -0.140. The van der Waals surface area contributed by atoms with E-state index in [0.29, 0.717) is 31.0 Å². The van der Waals surface area contributed by atoms with Gasteiger partial charge in [0.1, 0.15) is 8.42 Å². The lowest BCUT2D eigenvalue weighted by molar-refractivity contribution is 0.120. The van der Waals surface area contributed by atoms with Crippen LogP contribution in [0.4, 0.5) is 0 Å². The summed E-state index contributed by atoms with van der Waals surface area (Å²) in [5, 5.41) is 15.1. The van der Waals surface area contributed by atoms with Crippen LogP contribution in [-0.4, -0.2) is 52.6 Å². The molecule has 0 saturated carbocycles. The Morgan fingerprint density at radius 1 is 1.55 bits per heavy atom. The molecule has 1 atom stereocenters. The van der Waals surface area contributed by atoms with Gasteiger partial charge in [-0.1, -0.05) is 0 Å². The number of aliphatic hydroxyl groups excluding tert-OH is 1. The molecule has 0 radical (unpaired) electrons. The van der Waals surface area contributed by atoms with Crippen molar-refractivity contribution in [1.29, 1.82) is 0 Å². The zero-order valence-corrected chi connectivity index (χ0v) is 14.4. The van der Waals surface area contributed by atoms with E-state index in [9.17, 15) is 21.9 Å². The van der Waals surface area contributed by atoms with E-state index in [-0.39, 0.29) is 27.1 Å². The van der Waals surface area contributed by atoms with Crippen molar-refractivity contribution in [2.24, 2.45) is 5.14 Å². The Balaban J connectivity index is 2.30. The predicted molar refractivity (Wildman–Crippen MR) is 80.5 cm³/mol. The van der Waals surface area contributed by atoms with E-state index in [1.807, 2.05) is 6.92 Å². The van der Waals surface area contributed by atoms with Gasteiger partial charge in [-0.3, -0.25) is 0 Å². The maximum absolute atomic E-state index is 12.5. The first kappa shape index (κ1) is 17.8. The minimum absolute atomic E-state index is 0.0927. The smallest absolute Gasteiger partial charge is 0.253 e. The molecule has 1 aliphatic heterocycles. The molecule has 11 heteroatoms. The first-order chi connectivity index (χ1) is 10.2. The maximum atomic E-state index is 12.5. The average Bonchev–Trinajstić information content (AvgIpc) is 2.87. The standard InChI is InChI=1S/C11H18N2O6S3/c1-2-19-5-3-4-13-7-9(14)8-6-10(21(12,15)16)20-11(8)22(13,17)18/h6,9,14H,2-5,7H2,1H3,(H2,12,15,16). The molecule has 0 aliphatic carbocycles. The van der Waals surface area contributed by atoms with Crippen molar-refractivity contribution in [2.75, 3.05) is 26.3 Å². The van der Waals surface area contributed by atoms with E-state index in [1.165, 1.54) is 0 Å². The molecule has 0 saturated heterocycles. The third kappa shape index (κ3) is 3.50. The van der Waals surface area contributed by atoms with Crippen LogP contribution >= 0.6 is 11.3 Å². The molecule has 126 valence electrons. The Labute approximate surface area is 133 Å². The number of nitrogens with two attached hydrogens (primary N) is 1. The number of ether oxygens (including phenoxy) is 1. The minimum atomic E-state index is -4.01. The molecule has 8 nitrogen and oxygen atoms in total. The summed E-state index contributed by atoms with van der Waals surface area (Å²) in [6, 6.07) is 1.13. The summed E-state index contributed by atoms with van der Waals surface area (Å²) in [5.74, 6) is 0. The largest absolute Gasteiger partial charge is 0.387 e. The van der Waals surface area contributed by atoms with Gasteiger partial charge in [-0.25, -0.2) is 22.0 Å². The zero-order valence-electron chi connectivity index (χ0n) is 11.9. The summed E-state index contributed by atoms with van der Waals surface area (Å²) >= 11 is 0.567. The number of hydrogen-bond acceptors (Lipinski definition) is 7. The van der Waals surface area contributed by atoms with Gasteiger partial charge in [-0.15, -0.1) is 11.3 Å². The minimum Gasteiger partial charge on any atom is -0.387 e. The van der Waals surface area contributed by atoms with Gasteiger partial charge in [0.25, 0.3) is 10.0 Å². The van der Waals surface area contributed by atoms with Crippen LogP contribution in [0.1, 0.15) is 25.0 Å². The summed E-state index contributed by atoms with van der Waals surface area (Å²) < 4.78 is 53.6. The topological polar surface area (TPSA) is 127 Å². The van der Waals surface area contributed by atoms with Crippen LogP contribution in [0, 0.1) is 0 Å². The highest BCUT2D eigenvalue weighted by Gasteiger charge is 2.39. The summed E-state index contributed by atoms with van der Waals surface area (Å²) in [4.78, 5) is 0. The van der Waals surface area contributed by atoms with Crippen LogP contribution in [0.2, 0.25) is 0 Å². The molecule has 22 heavy (non-hydrogen) atoms. The normalized spacial score (nSPS) is 21.7. The lowest BCUT2D eigenvalue weighted by atomic mass is 10.2. The van der Waals surface area contributed by atoms with E-state index >= 15 is 0 Å². The second kappa shape index (κ2) is 6.51. The summed E-state index contributed by atoms with van der Waals surface area (Å²) in [5.41, 5.74) is 0.0927. The van der Waals surface area contributed by atoms with E-state index in [2.05, 4.69) is 0 Å². The molecule has 3 N–H and O–H groups in total. The van der Waals surface area contributed by atoms with Gasteiger partial charge < -0.3 is 9.84 Å². The van der Waals surface area contributed by atoms with E-state index < -0.39 is 26.2 Å². The monoisotopic (exact) mass is 370 g/mol. The van der Waals surface area contributed by atoms with Crippen molar-refractivity contribution in [3.63, 3.8) is 0 Å². The van der Waals surface area contributed by atoms with Gasteiger partial charge in [-0.2, -0.15) is 4.31 Å². The molecule has 0 amide bonds. The lowest BCUT2D eigenvalue weighted by Crippen LogP contribution is -2.39. The number of sulfonamides is 2. The third-order valence-electron chi connectivity index (χ3n) is 3.19. The SMILES string of the molecule is CCOCCCN1CC(O)c2cc(S(N)(=O)=O)sc2S1(=O)=O. The Bertz CT molecular complexity index is 740. The summed E-state index contributed by atoms with van der Waals surface area (Å²) in [6.45, 7) is 2.89. The first-order valence-electron chi connectivity index (χ1n) is 6.60. The number of aliphatic hydroxyl groups is 1. The Morgan fingerprint density at radius 3 is 2.82 bits per heavy atom. The number of nitrogens with zero attached hydrogens (tertiary/aromatic N) is 1. The van der Waals surface area contributed by atoms with Crippen LogP contribution in [0.3, 0.4) is 0 Å². The molecule has 1 aliphatic rings. The quantitative estimate of drug-likeness (QED) is 0.671. The van der Waals surface area contributed by atoms with Crippen molar-refractivity contribution in [1.82, 2.24) is 4.31 Å². The number of rotatable bonds is 6. The van der Waals surface area contributed by atoms with Crippen LogP contribution < -0.4 is 5.14 Å². The van der Waals surface area contributed by atoms with Crippen LogP contribution in [0.25, 0.3) is 0 Å². The van der Waals surface area contributed by atoms with Crippen LogP contribution in [0.15, 0.2) is 14.5 Å². The van der Waals surface area contributed by atoms with Crippen molar-refractivity contribution in [2.45, 2.75) is 27.9 Å². The van der Waals surface area contributed by atoms with Gasteiger partial charge in [-0.05, 0) is 19.4 Å². The molecule has 1 aromatic rings. The van der Waals surface area contributed by atoms with Crippen molar-refractivity contribution in [3.05, 3.63) is 11.6 Å². The average molecular weight is 370 g/mol. The molecule has 1 unspecified atom stereocenters. The second-order valence-electron chi connectivity index (χ2n) is 4.78. The highest BCUT2D eigenvalue weighted by molar-refractivity contribution is 7.94. The number of fused-ring (bicyclic) bond motifs is 1. The molecular formula is C11H18N2O6S3. The zero-order chi connectivity index (χ0) is 16.5. The molecule has 0 fully saturated rings. The Kier molecular flexibility index (Phi) is 5.27. The summed E-state index contributed by atoms with van der Waals surface area (Å²) in [6.07, 6.45) is -0.583. The highest BCUT2D eigenvalue weighted by Crippen LogP contribution is 2.39. The van der Waals surface area contributed by atoms with E-state index in [1.54, 1.807) is 0 Å².